The van der Waals surface area contributed by atoms with Gasteiger partial charge in [0.2, 0.25) is 0 Å². The summed E-state index contributed by atoms with van der Waals surface area (Å²) in [5.41, 5.74) is 8.30. The summed E-state index contributed by atoms with van der Waals surface area (Å²) in [6, 6.07) is 19.6. The first-order valence-electron chi connectivity index (χ1n) is 13.0. The summed E-state index contributed by atoms with van der Waals surface area (Å²) in [6.07, 6.45) is 6.45. The maximum atomic E-state index is 12.6. The lowest BCUT2D eigenvalue weighted by Gasteiger charge is -2.47. The number of nitrogen functional groups attached to an aromatic ring is 1. The highest BCUT2D eigenvalue weighted by atomic mass is 35.5. The quantitative estimate of drug-likeness (QED) is 0.321. The van der Waals surface area contributed by atoms with Crippen LogP contribution in [-0.4, -0.2) is 28.2 Å². The van der Waals surface area contributed by atoms with E-state index in [9.17, 15) is 9.90 Å². The first-order chi connectivity index (χ1) is 17.8. The summed E-state index contributed by atoms with van der Waals surface area (Å²) >= 11 is 6.18. The number of nitrogens with one attached hydrogen (secondary N) is 1. The summed E-state index contributed by atoms with van der Waals surface area (Å²) in [5.74, 6) is 1.15. The Bertz CT molecular complexity index is 1270. The number of nitrogens with two attached hydrogens (primary N) is 1. The van der Waals surface area contributed by atoms with E-state index in [-0.39, 0.29) is 5.41 Å². The largest absolute Gasteiger partial charge is 0.493 e. The third kappa shape index (κ3) is 5.12. The van der Waals surface area contributed by atoms with Crippen molar-refractivity contribution in [2.24, 2.45) is 11.8 Å². The number of hydrogen-bond acceptors (Lipinski definition) is 5. The zero-order valence-electron chi connectivity index (χ0n) is 21.1. The number of aliphatic carboxylic acids is 1. The van der Waals surface area contributed by atoms with Gasteiger partial charge in [-0.15, -0.1) is 0 Å². The van der Waals surface area contributed by atoms with E-state index in [1.807, 2.05) is 18.2 Å². The molecule has 1 spiro atoms. The van der Waals surface area contributed by atoms with Crippen molar-refractivity contribution in [1.29, 1.82) is 0 Å². The fourth-order valence-corrected chi connectivity index (χ4v) is 6.71. The maximum Gasteiger partial charge on any atom is 0.329 e. The number of halogens is 1. The fraction of sp³-hybridized carbons (Fsp3) is 0.400. The number of hydrogen-bond donors (Lipinski definition) is 3. The fourth-order valence-electron chi connectivity index (χ4n) is 6.52. The molecule has 7 heteroatoms. The predicted molar refractivity (Wildman–Crippen MR) is 147 cm³/mol. The molecule has 0 radical (unpaired) electrons. The van der Waals surface area contributed by atoms with Crippen LogP contribution in [0.4, 0.5) is 11.5 Å². The zero-order chi connectivity index (χ0) is 26.0. The number of rotatable bonds is 8. The van der Waals surface area contributed by atoms with Crippen LogP contribution in [0.15, 0.2) is 66.9 Å². The molecule has 2 aliphatic rings. The monoisotopic (exact) mass is 519 g/mol. The van der Waals surface area contributed by atoms with E-state index in [4.69, 9.17) is 22.1 Å². The van der Waals surface area contributed by atoms with Crippen molar-refractivity contribution >= 4 is 29.1 Å². The first-order valence-corrected chi connectivity index (χ1v) is 13.4. The number of fused-ring (bicyclic) bond motifs is 2. The SMILES string of the molecule is C[C@@H](COc1ccnc(N)c1)C[C@H]1Cc2ccccc2C12CCC(Nc1cccc(Cl)c1)(C(=O)O)CC2. The molecule has 0 saturated heterocycles. The Balaban J connectivity index is 1.34. The molecule has 0 aliphatic heterocycles. The van der Waals surface area contributed by atoms with Gasteiger partial charge in [0, 0.05) is 23.0 Å². The van der Waals surface area contributed by atoms with E-state index in [2.05, 4.69) is 41.5 Å². The highest BCUT2D eigenvalue weighted by Crippen LogP contribution is 2.56. The highest BCUT2D eigenvalue weighted by Gasteiger charge is 2.53. The topological polar surface area (TPSA) is 97.5 Å². The second-order valence-corrected chi connectivity index (χ2v) is 11.2. The molecule has 0 amide bonds. The van der Waals surface area contributed by atoms with Gasteiger partial charge in [0.1, 0.15) is 17.1 Å². The van der Waals surface area contributed by atoms with Gasteiger partial charge in [0.15, 0.2) is 0 Å². The average Bonchev–Trinajstić information content (AvgIpc) is 3.17. The Hall–Kier alpha value is -3.25. The zero-order valence-corrected chi connectivity index (χ0v) is 21.9. The minimum absolute atomic E-state index is 0.0269. The van der Waals surface area contributed by atoms with Crippen molar-refractivity contribution in [3.63, 3.8) is 0 Å². The molecule has 1 heterocycles. The lowest BCUT2D eigenvalue weighted by molar-refractivity contribution is -0.144. The molecule has 6 nitrogen and oxygen atoms in total. The molecule has 0 unspecified atom stereocenters. The summed E-state index contributed by atoms with van der Waals surface area (Å²) in [6.45, 7) is 2.83. The van der Waals surface area contributed by atoms with E-state index in [0.29, 0.717) is 42.1 Å². The lowest BCUT2D eigenvalue weighted by atomic mass is 9.59. The van der Waals surface area contributed by atoms with Crippen molar-refractivity contribution in [2.75, 3.05) is 17.7 Å². The van der Waals surface area contributed by atoms with Crippen molar-refractivity contribution in [2.45, 2.75) is 56.4 Å². The molecule has 1 aromatic heterocycles. The number of anilines is 2. The highest BCUT2D eigenvalue weighted by molar-refractivity contribution is 6.30. The number of carboxylic acids is 1. The van der Waals surface area contributed by atoms with Crippen LogP contribution in [-0.2, 0) is 16.6 Å². The minimum Gasteiger partial charge on any atom is -0.493 e. The van der Waals surface area contributed by atoms with Crippen LogP contribution in [0.1, 0.15) is 50.2 Å². The standard InChI is InChI=1S/C30H34ClN3O3/c1-20(19-37-25-9-14-33-27(32)18-25)15-22-16-21-5-2-3-8-26(21)29(22)10-12-30(13-11-29,28(35)36)34-24-7-4-6-23(31)17-24/h2-9,14,17-18,20,22,34H,10-13,15-16,19H2,1H3,(H2,32,33)(H,35,36)/t20-,22+,29?,30?/m1/s1. The van der Waals surface area contributed by atoms with Gasteiger partial charge < -0.3 is 20.9 Å². The van der Waals surface area contributed by atoms with Crippen molar-refractivity contribution in [3.8, 4) is 5.75 Å². The Morgan fingerprint density at radius 1 is 1.16 bits per heavy atom. The normalized spacial score (nSPS) is 25.4. The second kappa shape index (κ2) is 10.3. The summed E-state index contributed by atoms with van der Waals surface area (Å²) in [5, 5.41) is 14.3. The minimum atomic E-state index is -1.01. The van der Waals surface area contributed by atoms with Gasteiger partial charge in [0.25, 0.3) is 0 Å². The lowest BCUT2D eigenvalue weighted by Crippen LogP contribution is -2.53. The summed E-state index contributed by atoms with van der Waals surface area (Å²) in [7, 11) is 0. The second-order valence-electron chi connectivity index (χ2n) is 10.8. The van der Waals surface area contributed by atoms with Gasteiger partial charge >= 0.3 is 5.97 Å². The van der Waals surface area contributed by atoms with Crippen molar-refractivity contribution in [1.82, 2.24) is 4.98 Å². The number of aromatic nitrogens is 1. The molecule has 1 saturated carbocycles. The molecule has 2 atom stereocenters. The Labute approximate surface area is 223 Å². The van der Waals surface area contributed by atoms with E-state index in [0.717, 1.165) is 37.1 Å². The number of ether oxygens (including phenoxy) is 1. The molecule has 5 rings (SSSR count). The Morgan fingerprint density at radius 3 is 2.68 bits per heavy atom. The first kappa shape index (κ1) is 25.4. The van der Waals surface area contributed by atoms with Crippen LogP contribution < -0.4 is 15.8 Å². The number of pyridine rings is 1. The van der Waals surface area contributed by atoms with Gasteiger partial charge in [-0.2, -0.15) is 0 Å². The molecule has 37 heavy (non-hydrogen) atoms. The van der Waals surface area contributed by atoms with Gasteiger partial charge in [0.05, 0.1) is 6.61 Å². The van der Waals surface area contributed by atoms with E-state index >= 15 is 0 Å². The third-order valence-corrected chi connectivity index (χ3v) is 8.62. The molecule has 0 bridgehead atoms. The summed E-state index contributed by atoms with van der Waals surface area (Å²) in [4.78, 5) is 16.6. The number of carbonyl (C=O) groups is 1. The Morgan fingerprint density at radius 2 is 1.95 bits per heavy atom. The molecule has 2 aliphatic carbocycles. The third-order valence-electron chi connectivity index (χ3n) is 8.39. The molecular weight excluding hydrogens is 486 g/mol. The molecule has 194 valence electrons. The molecule has 1 fully saturated rings. The number of nitrogens with zero attached hydrogens (tertiary/aromatic N) is 1. The molecular formula is C30H34ClN3O3. The predicted octanol–water partition coefficient (Wildman–Crippen LogP) is 6.34. The smallest absolute Gasteiger partial charge is 0.329 e. The van der Waals surface area contributed by atoms with Crippen LogP contribution in [0, 0.1) is 11.8 Å². The maximum absolute atomic E-state index is 12.6. The van der Waals surface area contributed by atoms with E-state index < -0.39 is 11.5 Å². The van der Waals surface area contributed by atoms with Crippen LogP contribution in [0.5, 0.6) is 5.75 Å². The van der Waals surface area contributed by atoms with Crippen molar-refractivity contribution in [3.05, 3.63) is 83.0 Å². The molecule has 4 N–H and O–H groups in total. The van der Waals surface area contributed by atoms with Crippen LogP contribution >= 0.6 is 11.6 Å². The number of carboxylic acid groups (broad SMARTS) is 1. The number of benzene rings is 2. The van der Waals surface area contributed by atoms with Crippen LogP contribution in [0.2, 0.25) is 5.02 Å². The molecule has 3 aromatic rings. The van der Waals surface area contributed by atoms with Gasteiger partial charge in [-0.25, -0.2) is 9.78 Å². The van der Waals surface area contributed by atoms with Crippen LogP contribution in [0.3, 0.4) is 0 Å². The van der Waals surface area contributed by atoms with Gasteiger partial charge in [-0.1, -0.05) is 48.9 Å². The average molecular weight is 520 g/mol. The van der Waals surface area contributed by atoms with Gasteiger partial charge in [-0.05, 0) is 91.2 Å². The van der Waals surface area contributed by atoms with E-state index in [1.54, 1.807) is 24.4 Å². The van der Waals surface area contributed by atoms with Gasteiger partial charge in [-0.3, -0.25) is 0 Å². The Kier molecular flexibility index (Phi) is 7.04. The van der Waals surface area contributed by atoms with Crippen molar-refractivity contribution < 1.29 is 14.6 Å². The van der Waals surface area contributed by atoms with Crippen LogP contribution in [0.25, 0.3) is 0 Å². The summed E-state index contributed by atoms with van der Waals surface area (Å²) < 4.78 is 6.03. The molecule has 2 aromatic carbocycles. The van der Waals surface area contributed by atoms with E-state index in [1.165, 1.54) is 11.1 Å².